The van der Waals surface area contributed by atoms with Gasteiger partial charge in [0.2, 0.25) is 0 Å². The Kier molecular flexibility index (Phi) is 5.04. The zero-order valence-corrected chi connectivity index (χ0v) is 15.6. The van der Waals surface area contributed by atoms with E-state index in [0.717, 1.165) is 16.8 Å². The molecule has 0 aromatic heterocycles. The van der Waals surface area contributed by atoms with Gasteiger partial charge in [0.05, 0.1) is 11.6 Å². The molecule has 4 nitrogen and oxygen atoms in total. The molecule has 1 aliphatic rings. The van der Waals surface area contributed by atoms with Crippen LogP contribution in [0.5, 0.6) is 0 Å². The summed E-state index contributed by atoms with van der Waals surface area (Å²) in [6, 6.07) is 11.5. The predicted octanol–water partition coefficient (Wildman–Crippen LogP) is 3.87. The van der Waals surface area contributed by atoms with Crippen molar-refractivity contribution in [2.45, 2.75) is 26.8 Å². The number of anilines is 1. The molecule has 3 N–H and O–H groups in total. The summed E-state index contributed by atoms with van der Waals surface area (Å²) in [5.74, 6) is -0.619. The minimum Gasteiger partial charge on any atom is -0.351 e. The average molecular weight is 369 g/mol. The van der Waals surface area contributed by atoms with E-state index in [2.05, 4.69) is 16.0 Å². The highest BCUT2D eigenvalue weighted by Gasteiger charge is 2.30. The maximum atomic E-state index is 13.7. The van der Waals surface area contributed by atoms with Gasteiger partial charge in [0.1, 0.15) is 5.82 Å². The number of allylic oxidation sites excluding steroid dienone is 1. The standard InChI is InChI=1S/C20H20FN3OS/c1-11-7-8-16(12(2)9-11)23-19(25)17-13(3)22-20(26)24-18(17)14-5-4-6-15(21)10-14/h4-10,18H,1-3H3,(H,23,25)(H2,22,24,26)/t18-/m0/s1. The molecule has 2 aromatic rings. The molecule has 1 aliphatic heterocycles. The number of nitrogens with one attached hydrogen (secondary N) is 3. The zero-order valence-electron chi connectivity index (χ0n) is 14.8. The van der Waals surface area contributed by atoms with Crippen molar-refractivity contribution in [2.24, 2.45) is 0 Å². The summed E-state index contributed by atoms with van der Waals surface area (Å²) in [5.41, 5.74) is 4.60. The Morgan fingerprint density at radius 1 is 1.15 bits per heavy atom. The molecule has 0 unspecified atom stereocenters. The molecule has 0 spiro atoms. The molecular weight excluding hydrogens is 349 g/mol. The minimum absolute atomic E-state index is 0.258. The first-order chi connectivity index (χ1) is 12.3. The van der Waals surface area contributed by atoms with Gasteiger partial charge in [0.25, 0.3) is 5.91 Å². The van der Waals surface area contributed by atoms with E-state index < -0.39 is 6.04 Å². The van der Waals surface area contributed by atoms with Crippen molar-refractivity contribution in [1.82, 2.24) is 10.6 Å². The Labute approximate surface area is 157 Å². The number of rotatable bonds is 3. The number of aryl methyl sites for hydroxylation is 2. The van der Waals surface area contributed by atoms with Crippen LogP contribution in [0, 0.1) is 19.7 Å². The number of hydrogen-bond donors (Lipinski definition) is 3. The molecule has 2 aromatic carbocycles. The van der Waals surface area contributed by atoms with Gasteiger partial charge < -0.3 is 16.0 Å². The molecule has 0 radical (unpaired) electrons. The van der Waals surface area contributed by atoms with E-state index in [-0.39, 0.29) is 11.7 Å². The Hall–Kier alpha value is -2.73. The van der Waals surface area contributed by atoms with Crippen molar-refractivity contribution >= 4 is 28.9 Å². The summed E-state index contributed by atoms with van der Waals surface area (Å²) in [6.45, 7) is 5.73. The van der Waals surface area contributed by atoms with Crippen LogP contribution in [0.25, 0.3) is 0 Å². The summed E-state index contributed by atoms with van der Waals surface area (Å²) < 4.78 is 13.7. The van der Waals surface area contributed by atoms with Crippen LogP contribution < -0.4 is 16.0 Å². The molecule has 134 valence electrons. The van der Waals surface area contributed by atoms with Crippen molar-refractivity contribution in [2.75, 3.05) is 5.32 Å². The van der Waals surface area contributed by atoms with Gasteiger partial charge in [-0.3, -0.25) is 4.79 Å². The zero-order chi connectivity index (χ0) is 18.8. The third-order valence-corrected chi connectivity index (χ3v) is 4.55. The van der Waals surface area contributed by atoms with Gasteiger partial charge >= 0.3 is 0 Å². The van der Waals surface area contributed by atoms with Crippen molar-refractivity contribution in [1.29, 1.82) is 0 Å². The van der Waals surface area contributed by atoms with E-state index in [1.165, 1.54) is 12.1 Å². The first-order valence-electron chi connectivity index (χ1n) is 8.27. The van der Waals surface area contributed by atoms with Crippen molar-refractivity contribution in [3.8, 4) is 0 Å². The van der Waals surface area contributed by atoms with Gasteiger partial charge in [-0.1, -0.05) is 29.8 Å². The van der Waals surface area contributed by atoms with Crippen LogP contribution in [0.4, 0.5) is 10.1 Å². The van der Waals surface area contributed by atoms with Crippen LogP contribution in [-0.4, -0.2) is 11.0 Å². The van der Waals surface area contributed by atoms with E-state index in [1.807, 2.05) is 32.0 Å². The Balaban J connectivity index is 1.97. The van der Waals surface area contributed by atoms with Crippen molar-refractivity contribution in [3.05, 3.63) is 76.2 Å². The second kappa shape index (κ2) is 7.25. The topological polar surface area (TPSA) is 53.2 Å². The molecule has 1 heterocycles. The monoisotopic (exact) mass is 369 g/mol. The average Bonchev–Trinajstić information content (AvgIpc) is 2.56. The fraction of sp³-hybridized carbons (Fsp3) is 0.200. The molecule has 1 atom stereocenters. The smallest absolute Gasteiger partial charge is 0.255 e. The highest BCUT2D eigenvalue weighted by Crippen LogP contribution is 2.28. The number of thiocarbonyl (C=S) groups is 1. The number of carbonyl (C=O) groups is 1. The van der Waals surface area contributed by atoms with Crippen LogP contribution in [0.1, 0.15) is 29.7 Å². The Morgan fingerprint density at radius 3 is 2.62 bits per heavy atom. The van der Waals surface area contributed by atoms with Gasteiger partial charge in [-0.05, 0) is 62.3 Å². The largest absolute Gasteiger partial charge is 0.351 e. The van der Waals surface area contributed by atoms with Crippen LogP contribution in [0.15, 0.2) is 53.7 Å². The lowest BCUT2D eigenvalue weighted by molar-refractivity contribution is -0.113. The fourth-order valence-corrected chi connectivity index (χ4v) is 3.35. The van der Waals surface area contributed by atoms with Crippen LogP contribution in [-0.2, 0) is 4.79 Å². The van der Waals surface area contributed by atoms with Gasteiger partial charge in [-0.15, -0.1) is 0 Å². The SMILES string of the molecule is CC1=C(C(=O)Nc2ccc(C)cc2C)[C@H](c2cccc(F)c2)NC(=S)N1. The van der Waals surface area contributed by atoms with Gasteiger partial charge in [0.15, 0.2) is 5.11 Å². The van der Waals surface area contributed by atoms with Crippen molar-refractivity contribution in [3.63, 3.8) is 0 Å². The minimum atomic E-state index is -0.523. The number of carbonyl (C=O) groups excluding carboxylic acids is 1. The number of amides is 1. The van der Waals surface area contributed by atoms with E-state index in [4.69, 9.17) is 12.2 Å². The number of halogens is 1. The maximum absolute atomic E-state index is 13.7. The molecule has 1 amide bonds. The second-order valence-corrected chi connectivity index (χ2v) is 6.81. The Bertz CT molecular complexity index is 923. The summed E-state index contributed by atoms with van der Waals surface area (Å²) >= 11 is 5.22. The second-order valence-electron chi connectivity index (χ2n) is 6.40. The molecule has 0 aliphatic carbocycles. The molecule has 26 heavy (non-hydrogen) atoms. The normalized spacial score (nSPS) is 16.8. The van der Waals surface area contributed by atoms with E-state index in [1.54, 1.807) is 19.1 Å². The molecule has 6 heteroatoms. The quantitative estimate of drug-likeness (QED) is 0.719. The summed E-state index contributed by atoms with van der Waals surface area (Å²) in [6.07, 6.45) is 0. The van der Waals surface area contributed by atoms with Crippen LogP contribution in [0.3, 0.4) is 0 Å². The van der Waals surface area contributed by atoms with E-state index in [0.29, 0.717) is 21.9 Å². The molecule has 0 saturated carbocycles. The molecule has 3 rings (SSSR count). The lowest BCUT2D eigenvalue weighted by Crippen LogP contribution is -2.45. The van der Waals surface area contributed by atoms with Gasteiger partial charge in [-0.25, -0.2) is 4.39 Å². The van der Waals surface area contributed by atoms with Crippen molar-refractivity contribution < 1.29 is 9.18 Å². The first kappa shape index (κ1) is 18.1. The lowest BCUT2D eigenvalue weighted by Gasteiger charge is -2.30. The highest BCUT2D eigenvalue weighted by molar-refractivity contribution is 7.80. The Morgan fingerprint density at radius 2 is 1.92 bits per heavy atom. The summed E-state index contributed by atoms with van der Waals surface area (Å²) in [7, 11) is 0. The molecular formula is C20H20FN3OS. The molecule has 0 saturated heterocycles. The van der Waals surface area contributed by atoms with Gasteiger partial charge in [-0.2, -0.15) is 0 Å². The number of benzene rings is 2. The van der Waals surface area contributed by atoms with Crippen LogP contribution >= 0.6 is 12.2 Å². The maximum Gasteiger partial charge on any atom is 0.255 e. The van der Waals surface area contributed by atoms with E-state index in [9.17, 15) is 9.18 Å². The third-order valence-electron chi connectivity index (χ3n) is 4.33. The van der Waals surface area contributed by atoms with Gasteiger partial charge in [0, 0.05) is 11.4 Å². The third kappa shape index (κ3) is 3.75. The number of hydrogen-bond acceptors (Lipinski definition) is 2. The summed E-state index contributed by atoms with van der Waals surface area (Å²) in [5, 5.41) is 9.40. The molecule has 0 fully saturated rings. The predicted molar refractivity (Wildman–Crippen MR) is 105 cm³/mol. The fourth-order valence-electron chi connectivity index (χ4n) is 3.07. The summed E-state index contributed by atoms with van der Waals surface area (Å²) in [4.78, 5) is 13.0. The van der Waals surface area contributed by atoms with Crippen LogP contribution in [0.2, 0.25) is 0 Å². The lowest BCUT2D eigenvalue weighted by atomic mass is 9.94. The molecule has 0 bridgehead atoms. The highest BCUT2D eigenvalue weighted by atomic mass is 32.1. The first-order valence-corrected chi connectivity index (χ1v) is 8.68. The van der Waals surface area contributed by atoms with E-state index >= 15 is 0 Å².